The fourth-order valence-corrected chi connectivity index (χ4v) is 3.92. The summed E-state index contributed by atoms with van der Waals surface area (Å²) >= 11 is 0. The van der Waals surface area contributed by atoms with E-state index in [4.69, 9.17) is 28.4 Å². The smallest absolute Gasteiger partial charge is 0.313 e. The Balaban J connectivity index is 1.11. The summed E-state index contributed by atoms with van der Waals surface area (Å²) in [6, 6.07) is 0. The number of hydrogen-bond donors (Lipinski definition) is 3. The number of aliphatic hydroxyl groups excluding tert-OH is 3. The molecule has 0 aliphatic carbocycles. The normalized spacial score (nSPS) is 19.9. The lowest BCUT2D eigenvalue weighted by Crippen LogP contribution is -2.50. The first-order chi connectivity index (χ1) is 22.1. The molecular weight excluding hydrogens is 637 g/mol. The van der Waals surface area contributed by atoms with Crippen LogP contribution in [0, 0.1) is 29.1 Å². The molecule has 2 heterocycles. The molecule has 3 N–H and O–H groups in total. The van der Waals surface area contributed by atoms with E-state index in [0.717, 1.165) is 0 Å². The molecule has 260 valence electrons. The molecule has 0 amide bonds. The molecule has 3 rings (SSSR count). The number of rotatable bonds is 21. The van der Waals surface area contributed by atoms with E-state index in [-0.39, 0.29) is 52.7 Å². The number of esters is 1. The molecule has 46 heavy (non-hydrogen) atoms. The van der Waals surface area contributed by atoms with Crippen molar-refractivity contribution in [2.45, 2.75) is 50.4 Å². The largest absolute Gasteiger partial charge is 0.420 e. The molecule has 4 unspecified atom stereocenters. The second-order valence-electron chi connectivity index (χ2n) is 9.79. The topological polar surface area (TPSA) is 173 Å². The molecule has 4 atom stereocenters. The van der Waals surface area contributed by atoms with Crippen molar-refractivity contribution in [3.8, 4) is 5.75 Å². The van der Waals surface area contributed by atoms with Crippen LogP contribution >= 0.6 is 0 Å². The fraction of sp³-hybridized carbons (Fsp3) is 0.667. The third kappa shape index (κ3) is 12.0. The molecule has 1 aromatic carbocycles. The van der Waals surface area contributed by atoms with Crippen LogP contribution in [-0.2, 0) is 46.2 Å². The molecule has 0 saturated carbocycles. The van der Waals surface area contributed by atoms with Crippen LogP contribution in [-0.4, -0.2) is 127 Å². The summed E-state index contributed by atoms with van der Waals surface area (Å²) in [5.74, 6) is -14.2. The second-order valence-corrected chi connectivity index (χ2v) is 9.79. The maximum Gasteiger partial charge on any atom is 0.313 e. The number of ether oxygens (including phenoxy) is 7. The van der Waals surface area contributed by atoms with Crippen LogP contribution in [0.15, 0.2) is 6.20 Å². The highest BCUT2D eigenvalue weighted by Crippen LogP contribution is 2.29. The summed E-state index contributed by atoms with van der Waals surface area (Å²) in [6.45, 7) is 2.25. The van der Waals surface area contributed by atoms with E-state index in [9.17, 15) is 42.1 Å². The molecule has 1 aliphatic rings. The lowest BCUT2D eigenvalue weighted by molar-refractivity contribution is -0.242. The van der Waals surface area contributed by atoms with Crippen molar-refractivity contribution in [2.75, 3.05) is 66.1 Å². The summed E-state index contributed by atoms with van der Waals surface area (Å²) < 4.78 is 104. The third-order valence-electron chi connectivity index (χ3n) is 6.34. The van der Waals surface area contributed by atoms with Crippen molar-refractivity contribution in [1.82, 2.24) is 15.0 Å². The van der Waals surface area contributed by atoms with Crippen molar-refractivity contribution >= 4 is 5.97 Å². The average molecular weight is 674 g/mol. The highest BCUT2D eigenvalue weighted by atomic mass is 19.2. The fourth-order valence-electron chi connectivity index (χ4n) is 3.92. The molecular formula is C27H36F5N3O11. The van der Waals surface area contributed by atoms with E-state index in [1.165, 1.54) is 0 Å². The molecule has 1 aromatic heterocycles. The Morgan fingerprint density at radius 1 is 0.804 bits per heavy atom. The SMILES string of the molecule is O=C(CCOCCOCCOCCOCCn1cc(CCOCC2OC(O)CC(O)C2O)nn1)Oc1c(F)c(F)c(F)c(F)c1F. The van der Waals surface area contributed by atoms with E-state index in [2.05, 4.69) is 15.0 Å². The minimum atomic E-state index is -2.36. The van der Waals surface area contributed by atoms with Crippen LogP contribution < -0.4 is 4.74 Å². The first kappa shape index (κ1) is 37.6. The van der Waals surface area contributed by atoms with Crippen LogP contribution in [0.4, 0.5) is 22.0 Å². The van der Waals surface area contributed by atoms with Crippen LogP contribution in [0.1, 0.15) is 18.5 Å². The maximum absolute atomic E-state index is 13.5. The van der Waals surface area contributed by atoms with Gasteiger partial charge in [-0.05, 0) is 0 Å². The van der Waals surface area contributed by atoms with Crippen LogP contribution in [0.25, 0.3) is 0 Å². The maximum atomic E-state index is 13.5. The lowest BCUT2D eigenvalue weighted by atomic mass is 10.0. The third-order valence-corrected chi connectivity index (χ3v) is 6.34. The lowest BCUT2D eigenvalue weighted by Gasteiger charge is -2.34. The van der Waals surface area contributed by atoms with Gasteiger partial charge in [0.05, 0.1) is 90.8 Å². The zero-order chi connectivity index (χ0) is 33.5. The molecule has 0 spiro atoms. The number of benzene rings is 1. The Labute approximate surface area is 259 Å². The van der Waals surface area contributed by atoms with Crippen molar-refractivity contribution in [1.29, 1.82) is 0 Å². The number of carbonyl (C=O) groups is 1. The van der Waals surface area contributed by atoms with Gasteiger partial charge in [0.1, 0.15) is 12.2 Å². The van der Waals surface area contributed by atoms with Gasteiger partial charge < -0.3 is 48.5 Å². The van der Waals surface area contributed by atoms with Gasteiger partial charge >= 0.3 is 5.97 Å². The quantitative estimate of drug-likeness (QED) is 0.0416. The van der Waals surface area contributed by atoms with Gasteiger partial charge in [-0.2, -0.15) is 8.78 Å². The zero-order valence-electron chi connectivity index (χ0n) is 24.6. The summed E-state index contributed by atoms with van der Waals surface area (Å²) in [5, 5.41) is 37.2. The Bertz CT molecular complexity index is 1200. The minimum Gasteiger partial charge on any atom is -0.420 e. The van der Waals surface area contributed by atoms with Gasteiger partial charge in [0.25, 0.3) is 0 Å². The zero-order valence-corrected chi connectivity index (χ0v) is 24.6. The van der Waals surface area contributed by atoms with E-state index >= 15 is 0 Å². The summed E-state index contributed by atoms with van der Waals surface area (Å²) in [7, 11) is 0. The average Bonchev–Trinajstić information content (AvgIpc) is 3.49. The predicted molar refractivity (Wildman–Crippen MR) is 142 cm³/mol. The van der Waals surface area contributed by atoms with Gasteiger partial charge in [0.2, 0.25) is 34.8 Å². The van der Waals surface area contributed by atoms with E-state index in [0.29, 0.717) is 38.5 Å². The Hall–Kier alpha value is -2.88. The van der Waals surface area contributed by atoms with Crippen LogP contribution in [0.2, 0.25) is 0 Å². The van der Waals surface area contributed by atoms with E-state index in [1.807, 2.05) is 0 Å². The number of aliphatic hydroxyl groups is 3. The standard InChI is InChI=1S/C27H36F5N3O11/c28-21-22(29)24(31)27(25(32)23(21)30)46-19(37)2-5-40-7-9-42-11-12-43-10-8-41-6-3-35-14-16(33-34-35)1-4-44-15-18-26(39)17(36)13-20(38)45-18/h14,17-18,20,26,36,38-39H,1-13,15H2. The summed E-state index contributed by atoms with van der Waals surface area (Å²) in [5.41, 5.74) is 0.687. The Morgan fingerprint density at radius 3 is 2.00 bits per heavy atom. The van der Waals surface area contributed by atoms with Gasteiger partial charge in [-0.15, -0.1) is 5.10 Å². The van der Waals surface area contributed by atoms with Crippen LogP contribution in [0.3, 0.4) is 0 Å². The van der Waals surface area contributed by atoms with Gasteiger partial charge in [-0.1, -0.05) is 5.21 Å². The molecule has 14 nitrogen and oxygen atoms in total. The number of hydrogen-bond acceptors (Lipinski definition) is 13. The van der Waals surface area contributed by atoms with Crippen LogP contribution in [0.5, 0.6) is 5.75 Å². The number of carbonyl (C=O) groups excluding carboxylic acids is 1. The Kier molecular flexibility index (Phi) is 16.1. The van der Waals surface area contributed by atoms with E-state index in [1.54, 1.807) is 10.9 Å². The second kappa shape index (κ2) is 19.7. The highest BCUT2D eigenvalue weighted by Gasteiger charge is 2.36. The van der Waals surface area contributed by atoms with Gasteiger partial charge in [-0.25, -0.2) is 17.9 Å². The van der Waals surface area contributed by atoms with Crippen molar-refractivity contribution in [2.24, 2.45) is 0 Å². The Morgan fingerprint density at radius 2 is 1.37 bits per heavy atom. The van der Waals surface area contributed by atoms with Crippen molar-refractivity contribution < 1.29 is 75.2 Å². The van der Waals surface area contributed by atoms with Gasteiger partial charge in [-0.3, -0.25) is 4.79 Å². The predicted octanol–water partition coefficient (Wildman–Crippen LogP) is 0.424. The highest BCUT2D eigenvalue weighted by molar-refractivity contribution is 5.72. The molecule has 2 aromatic rings. The van der Waals surface area contributed by atoms with Gasteiger partial charge in [0.15, 0.2) is 6.29 Å². The van der Waals surface area contributed by atoms with Gasteiger partial charge in [0, 0.05) is 19.0 Å². The molecule has 0 bridgehead atoms. The summed E-state index contributed by atoms with van der Waals surface area (Å²) in [6.07, 6.45) is -2.53. The first-order valence-electron chi connectivity index (χ1n) is 14.3. The first-order valence-corrected chi connectivity index (χ1v) is 14.3. The monoisotopic (exact) mass is 673 g/mol. The molecule has 1 fully saturated rings. The number of halogens is 5. The number of nitrogens with zero attached hydrogens (tertiary/aromatic N) is 3. The van der Waals surface area contributed by atoms with Crippen molar-refractivity contribution in [3.05, 3.63) is 41.0 Å². The van der Waals surface area contributed by atoms with E-state index < -0.39 is 71.8 Å². The number of aromatic nitrogens is 3. The molecule has 19 heteroatoms. The molecule has 0 radical (unpaired) electrons. The molecule has 1 aliphatic heterocycles. The van der Waals surface area contributed by atoms with Crippen molar-refractivity contribution in [3.63, 3.8) is 0 Å². The summed E-state index contributed by atoms with van der Waals surface area (Å²) in [4.78, 5) is 11.6. The molecule has 1 saturated heterocycles. The minimum absolute atomic E-state index is 0.00790.